The molecule has 0 radical (unpaired) electrons. The predicted molar refractivity (Wildman–Crippen MR) is 84.7 cm³/mol. The Labute approximate surface area is 146 Å². The van der Waals surface area contributed by atoms with Gasteiger partial charge in [0.1, 0.15) is 6.61 Å². The minimum absolute atomic E-state index is 0.0671. The maximum absolute atomic E-state index is 12.6. The van der Waals surface area contributed by atoms with E-state index in [0.717, 1.165) is 19.2 Å². The first-order chi connectivity index (χ1) is 12.3. The van der Waals surface area contributed by atoms with Crippen molar-refractivity contribution in [2.75, 3.05) is 12.4 Å². The standard InChI is InChI=1S/C17H14F3NO5/c1-24-15(22)12-7-8-13(14(9-12)26-17(18,19)20)21-16(23)25-10-11-5-3-2-4-6-11/h2-9H,10H2,1H3,(H,21,23). The summed E-state index contributed by atoms with van der Waals surface area (Å²) in [6, 6.07) is 11.8. The van der Waals surface area contributed by atoms with Crippen molar-refractivity contribution in [2.24, 2.45) is 0 Å². The summed E-state index contributed by atoms with van der Waals surface area (Å²) >= 11 is 0. The SMILES string of the molecule is COC(=O)c1ccc(NC(=O)OCc2ccccc2)c(OC(F)(F)F)c1. The van der Waals surface area contributed by atoms with E-state index < -0.39 is 24.2 Å². The first-order valence-electron chi connectivity index (χ1n) is 7.24. The molecule has 0 fully saturated rings. The van der Waals surface area contributed by atoms with Crippen molar-refractivity contribution in [2.45, 2.75) is 13.0 Å². The van der Waals surface area contributed by atoms with Gasteiger partial charge in [0.15, 0.2) is 5.75 Å². The molecule has 6 nitrogen and oxygen atoms in total. The van der Waals surface area contributed by atoms with E-state index in [-0.39, 0.29) is 17.9 Å². The number of halogens is 3. The molecule has 0 atom stereocenters. The molecule has 138 valence electrons. The number of anilines is 1. The molecule has 0 saturated heterocycles. The minimum atomic E-state index is -5.01. The van der Waals surface area contributed by atoms with Gasteiger partial charge in [-0.25, -0.2) is 9.59 Å². The lowest BCUT2D eigenvalue weighted by atomic mass is 10.2. The maximum atomic E-state index is 12.6. The summed E-state index contributed by atoms with van der Waals surface area (Å²) in [6.07, 6.45) is -5.99. The van der Waals surface area contributed by atoms with Gasteiger partial charge in [-0.2, -0.15) is 0 Å². The molecule has 2 aromatic rings. The Morgan fingerprint density at radius 2 is 1.77 bits per heavy atom. The van der Waals surface area contributed by atoms with E-state index in [9.17, 15) is 22.8 Å². The van der Waals surface area contributed by atoms with Crippen molar-refractivity contribution < 1.29 is 37.0 Å². The number of hydrogen-bond donors (Lipinski definition) is 1. The van der Waals surface area contributed by atoms with Gasteiger partial charge < -0.3 is 14.2 Å². The quantitative estimate of drug-likeness (QED) is 0.803. The van der Waals surface area contributed by atoms with Crippen molar-refractivity contribution >= 4 is 17.7 Å². The third-order valence-electron chi connectivity index (χ3n) is 3.08. The molecule has 0 spiro atoms. The Hall–Kier alpha value is -3.23. The molecule has 0 aliphatic carbocycles. The van der Waals surface area contributed by atoms with E-state index in [2.05, 4.69) is 14.8 Å². The van der Waals surface area contributed by atoms with Crippen LogP contribution < -0.4 is 10.1 Å². The molecule has 9 heteroatoms. The van der Waals surface area contributed by atoms with Gasteiger partial charge in [-0.05, 0) is 23.8 Å². The highest BCUT2D eigenvalue weighted by Crippen LogP contribution is 2.31. The second kappa shape index (κ2) is 8.24. The van der Waals surface area contributed by atoms with Gasteiger partial charge in [-0.1, -0.05) is 30.3 Å². The number of esters is 1. The molecule has 2 rings (SSSR count). The van der Waals surface area contributed by atoms with E-state index in [4.69, 9.17) is 4.74 Å². The number of ether oxygens (including phenoxy) is 3. The molecule has 2 aromatic carbocycles. The molecule has 0 aromatic heterocycles. The van der Waals surface area contributed by atoms with E-state index in [1.165, 1.54) is 6.07 Å². The van der Waals surface area contributed by atoms with Crippen LogP contribution in [0.2, 0.25) is 0 Å². The number of benzene rings is 2. The van der Waals surface area contributed by atoms with Crippen LogP contribution in [0.15, 0.2) is 48.5 Å². The lowest BCUT2D eigenvalue weighted by molar-refractivity contribution is -0.274. The molecule has 0 aliphatic heterocycles. The number of carbonyl (C=O) groups excluding carboxylic acids is 2. The largest absolute Gasteiger partial charge is 0.573 e. The zero-order valence-corrected chi connectivity index (χ0v) is 13.5. The van der Waals surface area contributed by atoms with Crippen LogP contribution >= 0.6 is 0 Å². The fourth-order valence-electron chi connectivity index (χ4n) is 1.95. The van der Waals surface area contributed by atoms with Gasteiger partial charge >= 0.3 is 18.4 Å². The van der Waals surface area contributed by atoms with Crippen LogP contribution in [0.1, 0.15) is 15.9 Å². The van der Waals surface area contributed by atoms with Gasteiger partial charge in [0.25, 0.3) is 0 Å². The van der Waals surface area contributed by atoms with Crippen molar-refractivity contribution in [3.05, 3.63) is 59.7 Å². The lowest BCUT2D eigenvalue weighted by Gasteiger charge is -2.15. The fourth-order valence-corrected chi connectivity index (χ4v) is 1.95. The molecule has 0 heterocycles. The van der Waals surface area contributed by atoms with Crippen molar-refractivity contribution in [3.63, 3.8) is 0 Å². The topological polar surface area (TPSA) is 73.9 Å². The Morgan fingerprint density at radius 1 is 1.08 bits per heavy atom. The fraction of sp³-hybridized carbons (Fsp3) is 0.176. The number of hydrogen-bond acceptors (Lipinski definition) is 5. The molecule has 1 N–H and O–H groups in total. The van der Waals surface area contributed by atoms with Crippen LogP contribution in [-0.2, 0) is 16.1 Å². The molecular formula is C17H14F3NO5. The van der Waals surface area contributed by atoms with Crippen molar-refractivity contribution in [1.29, 1.82) is 0 Å². The number of methoxy groups -OCH3 is 1. The first-order valence-corrected chi connectivity index (χ1v) is 7.24. The monoisotopic (exact) mass is 369 g/mol. The third kappa shape index (κ3) is 5.69. The highest BCUT2D eigenvalue weighted by atomic mass is 19.4. The van der Waals surface area contributed by atoms with Gasteiger partial charge in [-0.15, -0.1) is 13.2 Å². The molecule has 26 heavy (non-hydrogen) atoms. The van der Waals surface area contributed by atoms with Crippen LogP contribution in [-0.4, -0.2) is 25.5 Å². The van der Waals surface area contributed by atoms with Gasteiger partial charge in [0.2, 0.25) is 0 Å². The van der Waals surface area contributed by atoms with Gasteiger partial charge in [-0.3, -0.25) is 5.32 Å². The van der Waals surface area contributed by atoms with Crippen LogP contribution in [0, 0.1) is 0 Å². The molecule has 0 unspecified atom stereocenters. The average molecular weight is 369 g/mol. The Kier molecular flexibility index (Phi) is 6.05. The molecule has 1 amide bonds. The number of alkyl halides is 3. The predicted octanol–water partition coefficient (Wildman–Crippen LogP) is 4.12. The van der Waals surface area contributed by atoms with Crippen LogP contribution in [0.3, 0.4) is 0 Å². The summed E-state index contributed by atoms with van der Waals surface area (Å²) in [5, 5.41) is 2.15. The zero-order valence-electron chi connectivity index (χ0n) is 13.5. The zero-order chi connectivity index (χ0) is 19.2. The first kappa shape index (κ1) is 19.1. The molecule has 0 bridgehead atoms. The smallest absolute Gasteiger partial charge is 0.465 e. The van der Waals surface area contributed by atoms with Gasteiger partial charge in [0, 0.05) is 0 Å². The Bertz CT molecular complexity index is 778. The van der Waals surface area contributed by atoms with E-state index in [1.54, 1.807) is 30.3 Å². The maximum Gasteiger partial charge on any atom is 0.573 e. The highest BCUT2D eigenvalue weighted by Gasteiger charge is 2.33. The van der Waals surface area contributed by atoms with Gasteiger partial charge in [0.05, 0.1) is 18.4 Å². The number of amides is 1. The molecule has 0 saturated carbocycles. The van der Waals surface area contributed by atoms with E-state index >= 15 is 0 Å². The van der Waals surface area contributed by atoms with E-state index in [0.29, 0.717) is 5.56 Å². The lowest BCUT2D eigenvalue weighted by Crippen LogP contribution is -2.20. The summed E-state index contributed by atoms with van der Waals surface area (Å²) in [4.78, 5) is 23.3. The number of carbonyl (C=O) groups is 2. The molecule has 0 aliphatic rings. The number of nitrogens with one attached hydrogen (secondary N) is 1. The normalized spacial score (nSPS) is 10.8. The third-order valence-corrected chi connectivity index (χ3v) is 3.08. The highest BCUT2D eigenvalue weighted by molar-refractivity contribution is 5.92. The second-order valence-electron chi connectivity index (χ2n) is 4.94. The van der Waals surface area contributed by atoms with E-state index in [1.807, 2.05) is 0 Å². The summed E-state index contributed by atoms with van der Waals surface area (Å²) in [5.41, 5.74) is 0.221. The summed E-state index contributed by atoms with van der Waals surface area (Å²) in [5.74, 6) is -1.62. The van der Waals surface area contributed by atoms with Crippen molar-refractivity contribution in [1.82, 2.24) is 0 Å². The van der Waals surface area contributed by atoms with Crippen LogP contribution in [0.4, 0.5) is 23.7 Å². The number of rotatable bonds is 5. The van der Waals surface area contributed by atoms with Crippen LogP contribution in [0.5, 0.6) is 5.75 Å². The Morgan fingerprint density at radius 3 is 2.38 bits per heavy atom. The average Bonchev–Trinajstić information content (AvgIpc) is 2.60. The van der Waals surface area contributed by atoms with Crippen molar-refractivity contribution in [3.8, 4) is 5.75 Å². The minimum Gasteiger partial charge on any atom is -0.465 e. The van der Waals surface area contributed by atoms with Crippen LogP contribution in [0.25, 0.3) is 0 Å². The molecular weight excluding hydrogens is 355 g/mol. The summed E-state index contributed by atoms with van der Waals surface area (Å²) in [7, 11) is 1.08. The summed E-state index contributed by atoms with van der Waals surface area (Å²) in [6.45, 7) is -0.0671. The second-order valence-corrected chi connectivity index (χ2v) is 4.94. The Balaban J connectivity index is 2.13. The summed E-state index contributed by atoms with van der Waals surface area (Å²) < 4.78 is 50.9.